The molecular formula is C21H24N2O2S. The first kappa shape index (κ1) is 18.5. The zero-order chi connectivity index (χ0) is 18.4. The van der Waals surface area contributed by atoms with Gasteiger partial charge in [0.25, 0.3) is 5.56 Å². The first-order chi connectivity index (χ1) is 12.7. The Labute approximate surface area is 158 Å². The van der Waals surface area contributed by atoms with E-state index in [0.717, 1.165) is 47.0 Å². The summed E-state index contributed by atoms with van der Waals surface area (Å²) in [5.41, 5.74) is 1.97. The van der Waals surface area contributed by atoms with Crippen molar-refractivity contribution in [2.75, 3.05) is 7.11 Å². The molecule has 0 aliphatic heterocycles. The molecule has 0 aliphatic carbocycles. The van der Waals surface area contributed by atoms with Gasteiger partial charge in [-0.15, -0.1) is 0 Å². The van der Waals surface area contributed by atoms with Crippen molar-refractivity contribution in [1.82, 2.24) is 9.55 Å². The summed E-state index contributed by atoms with van der Waals surface area (Å²) in [7, 11) is 1.67. The number of hydrogen-bond acceptors (Lipinski definition) is 4. The maximum atomic E-state index is 12.9. The van der Waals surface area contributed by atoms with Crippen LogP contribution in [0.4, 0.5) is 0 Å². The quantitative estimate of drug-likeness (QED) is 0.323. The van der Waals surface area contributed by atoms with Crippen LogP contribution in [0.1, 0.15) is 31.7 Å². The number of methoxy groups -OCH3 is 1. The lowest BCUT2D eigenvalue weighted by Crippen LogP contribution is -2.23. The number of ether oxygens (including phenoxy) is 1. The van der Waals surface area contributed by atoms with Crippen molar-refractivity contribution < 1.29 is 4.74 Å². The summed E-state index contributed by atoms with van der Waals surface area (Å²) in [6.45, 7) is 2.88. The molecule has 136 valence electrons. The van der Waals surface area contributed by atoms with Crippen LogP contribution in [0.2, 0.25) is 0 Å². The van der Waals surface area contributed by atoms with Crippen molar-refractivity contribution in [3.8, 4) is 5.75 Å². The highest BCUT2D eigenvalue weighted by Crippen LogP contribution is 2.24. The normalized spacial score (nSPS) is 11.0. The smallest absolute Gasteiger partial charge is 0.262 e. The van der Waals surface area contributed by atoms with Gasteiger partial charge in [0.1, 0.15) is 5.75 Å². The standard InChI is InChI=1S/C21H24N2O2S/c1-3-4-7-13-23-20(24)18-11-5-6-12-19(18)22-21(23)26-15-16-9-8-10-17(14-16)25-2/h5-6,8-12,14H,3-4,7,13,15H2,1-2H3. The molecule has 0 atom stereocenters. The lowest BCUT2D eigenvalue weighted by Gasteiger charge is -2.13. The second kappa shape index (κ2) is 8.90. The van der Waals surface area contributed by atoms with E-state index < -0.39 is 0 Å². The minimum atomic E-state index is 0.0554. The number of fused-ring (bicyclic) bond motifs is 1. The molecule has 1 aromatic heterocycles. The molecule has 3 rings (SSSR count). The van der Waals surface area contributed by atoms with Crippen LogP contribution in [0.3, 0.4) is 0 Å². The van der Waals surface area contributed by atoms with E-state index in [4.69, 9.17) is 9.72 Å². The van der Waals surface area contributed by atoms with Gasteiger partial charge in [-0.05, 0) is 36.2 Å². The van der Waals surface area contributed by atoms with Crippen molar-refractivity contribution >= 4 is 22.7 Å². The van der Waals surface area contributed by atoms with Crippen LogP contribution >= 0.6 is 11.8 Å². The van der Waals surface area contributed by atoms with Gasteiger partial charge >= 0.3 is 0 Å². The lowest BCUT2D eigenvalue weighted by molar-refractivity contribution is 0.414. The fourth-order valence-corrected chi connectivity index (χ4v) is 3.85. The third kappa shape index (κ3) is 4.28. The molecule has 3 aromatic rings. The van der Waals surface area contributed by atoms with Gasteiger partial charge in [0.2, 0.25) is 0 Å². The molecule has 0 saturated carbocycles. The Bertz CT molecular complexity index is 937. The fourth-order valence-electron chi connectivity index (χ4n) is 2.89. The Kier molecular flexibility index (Phi) is 6.34. The first-order valence-electron chi connectivity index (χ1n) is 8.98. The third-order valence-corrected chi connectivity index (χ3v) is 5.36. The zero-order valence-corrected chi connectivity index (χ0v) is 16.1. The Balaban J connectivity index is 1.91. The van der Waals surface area contributed by atoms with E-state index in [1.807, 2.05) is 47.0 Å². The van der Waals surface area contributed by atoms with Crippen molar-refractivity contribution in [3.63, 3.8) is 0 Å². The molecule has 0 unspecified atom stereocenters. The average Bonchev–Trinajstić information content (AvgIpc) is 2.68. The summed E-state index contributed by atoms with van der Waals surface area (Å²) in [5.74, 6) is 1.59. The van der Waals surface area contributed by atoms with Crippen molar-refractivity contribution in [1.29, 1.82) is 0 Å². The predicted octanol–water partition coefficient (Wildman–Crippen LogP) is 4.89. The third-order valence-electron chi connectivity index (χ3n) is 4.31. The number of hydrogen-bond donors (Lipinski definition) is 0. The van der Waals surface area contributed by atoms with Gasteiger partial charge in [-0.1, -0.05) is 55.8 Å². The van der Waals surface area contributed by atoms with Crippen LogP contribution < -0.4 is 10.3 Å². The highest BCUT2D eigenvalue weighted by Gasteiger charge is 2.11. The summed E-state index contributed by atoms with van der Waals surface area (Å²) in [6, 6.07) is 15.6. The maximum absolute atomic E-state index is 12.9. The number of aromatic nitrogens is 2. The highest BCUT2D eigenvalue weighted by molar-refractivity contribution is 7.98. The second-order valence-electron chi connectivity index (χ2n) is 6.22. The number of rotatable bonds is 8. The van der Waals surface area contributed by atoms with Gasteiger partial charge in [-0.2, -0.15) is 0 Å². The number of benzene rings is 2. The summed E-state index contributed by atoms with van der Waals surface area (Å²) in [5, 5.41) is 1.47. The van der Waals surface area contributed by atoms with E-state index in [1.165, 1.54) is 0 Å². The van der Waals surface area contributed by atoms with E-state index in [0.29, 0.717) is 11.9 Å². The highest BCUT2D eigenvalue weighted by atomic mass is 32.2. The summed E-state index contributed by atoms with van der Waals surface area (Å²) in [6.07, 6.45) is 3.23. The van der Waals surface area contributed by atoms with Gasteiger partial charge in [-0.3, -0.25) is 9.36 Å². The molecule has 0 aliphatic rings. The van der Waals surface area contributed by atoms with Crippen LogP contribution in [0, 0.1) is 0 Å². The summed E-state index contributed by atoms with van der Waals surface area (Å²) >= 11 is 1.60. The van der Waals surface area contributed by atoms with E-state index in [-0.39, 0.29) is 5.56 Å². The van der Waals surface area contributed by atoms with Crippen LogP contribution in [-0.2, 0) is 12.3 Å². The molecule has 0 N–H and O–H groups in total. The fraction of sp³-hybridized carbons (Fsp3) is 0.333. The molecule has 0 radical (unpaired) electrons. The van der Waals surface area contributed by atoms with E-state index in [9.17, 15) is 4.79 Å². The monoisotopic (exact) mass is 368 g/mol. The molecule has 0 bridgehead atoms. The topological polar surface area (TPSA) is 44.1 Å². The molecule has 2 aromatic carbocycles. The largest absolute Gasteiger partial charge is 0.497 e. The number of nitrogens with zero attached hydrogens (tertiary/aromatic N) is 2. The molecule has 0 spiro atoms. The van der Waals surface area contributed by atoms with E-state index >= 15 is 0 Å². The summed E-state index contributed by atoms with van der Waals surface area (Å²) in [4.78, 5) is 17.7. The van der Waals surface area contributed by atoms with Crippen molar-refractivity contribution in [3.05, 3.63) is 64.4 Å². The van der Waals surface area contributed by atoms with Crippen LogP contribution in [0.25, 0.3) is 10.9 Å². The molecule has 1 heterocycles. The first-order valence-corrected chi connectivity index (χ1v) is 9.96. The second-order valence-corrected chi connectivity index (χ2v) is 7.16. The summed E-state index contributed by atoms with van der Waals surface area (Å²) < 4.78 is 7.13. The number of para-hydroxylation sites is 1. The molecular weight excluding hydrogens is 344 g/mol. The van der Waals surface area contributed by atoms with Crippen LogP contribution in [0.15, 0.2) is 58.5 Å². The molecule has 26 heavy (non-hydrogen) atoms. The van der Waals surface area contributed by atoms with Gasteiger partial charge in [0.05, 0.1) is 18.0 Å². The Hall–Kier alpha value is -2.27. The molecule has 4 nitrogen and oxygen atoms in total. The van der Waals surface area contributed by atoms with Gasteiger partial charge in [0.15, 0.2) is 5.16 Å². The average molecular weight is 369 g/mol. The van der Waals surface area contributed by atoms with Crippen molar-refractivity contribution in [2.24, 2.45) is 0 Å². The maximum Gasteiger partial charge on any atom is 0.262 e. The van der Waals surface area contributed by atoms with Crippen LogP contribution in [0.5, 0.6) is 5.75 Å². The Morgan fingerprint density at radius 3 is 2.77 bits per heavy atom. The van der Waals surface area contributed by atoms with E-state index in [1.54, 1.807) is 18.9 Å². The zero-order valence-electron chi connectivity index (χ0n) is 15.3. The van der Waals surface area contributed by atoms with Crippen molar-refractivity contribution in [2.45, 2.75) is 43.6 Å². The molecule has 5 heteroatoms. The van der Waals surface area contributed by atoms with E-state index in [2.05, 4.69) is 13.0 Å². The molecule has 0 amide bonds. The van der Waals surface area contributed by atoms with Gasteiger partial charge in [-0.25, -0.2) is 4.98 Å². The number of unbranched alkanes of at least 4 members (excludes halogenated alkanes) is 2. The SMILES string of the molecule is CCCCCn1c(SCc2cccc(OC)c2)nc2ccccc2c1=O. The van der Waals surface area contributed by atoms with Gasteiger partial charge in [0, 0.05) is 12.3 Å². The Morgan fingerprint density at radius 2 is 1.96 bits per heavy atom. The molecule has 0 saturated heterocycles. The molecule has 0 fully saturated rings. The minimum Gasteiger partial charge on any atom is -0.497 e. The number of thioether (sulfide) groups is 1. The van der Waals surface area contributed by atoms with Crippen LogP contribution in [-0.4, -0.2) is 16.7 Å². The minimum absolute atomic E-state index is 0.0554. The lowest BCUT2D eigenvalue weighted by atomic mass is 10.2. The van der Waals surface area contributed by atoms with Gasteiger partial charge < -0.3 is 4.74 Å². The predicted molar refractivity (Wildman–Crippen MR) is 108 cm³/mol. The Morgan fingerprint density at radius 1 is 1.12 bits per heavy atom.